The number of nitrogens with zero attached hydrogens (tertiary/aromatic N) is 3. The lowest BCUT2D eigenvalue weighted by Crippen LogP contribution is -2.34. The summed E-state index contributed by atoms with van der Waals surface area (Å²) in [5.41, 5.74) is 1.17. The molecule has 0 radical (unpaired) electrons. The summed E-state index contributed by atoms with van der Waals surface area (Å²) in [5.74, 6) is -0.951. The molecule has 152 valence electrons. The van der Waals surface area contributed by atoms with Crippen LogP contribution in [0.1, 0.15) is 21.8 Å². The molecule has 0 bridgehead atoms. The summed E-state index contributed by atoms with van der Waals surface area (Å²) < 4.78 is 60.5. The van der Waals surface area contributed by atoms with Gasteiger partial charge in [-0.05, 0) is 25.1 Å². The molecule has 1 amide bonds. The second-order valence-electron chi connectivity index (χ2n) is 5.92. The van der Waals surface area contributed by atoms with Crippen molar-refractivity contribution in [1.29, 1.82) is 0 Å². The number of carbonyl (C=O) groups is 1. The van der Waals surface area contributed by atoms with Crippen molar-refractivity contribution < 1.29 is 31.6 Å². The third kappa shape index (κ3) is 5.27. The van der Waals surface area contributed by atoms with Gasteiger partial charge in [0.1, 0.15) is 30.4 Å². The van der Waals surface area contributed by atoms with E-state index in [1.54, 1.807) is 18.3 Å². The van der Waals surface area contributed by atoms with E-state index in [2.05, 4.69) is 15.4 Å². The van der Waals surface area contributed by atoms with Gasteiger partial charge in [0.2, 0.25) is 5.88 Å². The predicted molar refractivity (Wildman–Crippen MR) is 91.4 cm³/mol. The van der Waals surface area contributed by atoms with Gasteiger partial charge in [-0.2, -0.15) is 13.2 Å². The van der Waals surface area contributed by atoms with E-state index in [9.17, 15) is 22.4 Å². The van der Waals surface area contributed by atoms with Gasteiger partial charge in [0.15, 0.2) is 5.69 Å². The summed E-state index contributed by atoms with van der Waals surface area (Å²) in [7, 11) is 0. The second kappa shape index (κ2) is 8.25. The molecular weight excluding hydrogens is 396 g/mol. The summed E-state index contributed by atoms with van der Waals surface area (Å²) in [4.78, 5) is 11.6. The summed E-state index contributed by atoms with van der Waals surface area (Å²) in [6.45, 7) is 0.158. The Balaban J connectivity index is 1.67. The Morgan fingerprint density at radius 3 is 2.66 bits per heavy atom. The highest BCUT2D eigenvalue weighted by molar-refractivity contribution is 5.92. The lowest BCUT2D eigenvalue weighted by molar-refractivity contribution is -0.123. The Morgan fingerprint density at radius 1 is 1.21 bits per heavy atom. The van der Waals surface area contributed by atoms with E-state index in [1.165, 1.54) is 30.3 Å². The van der Waals surface area contributed by atoms with Crippen LogP contribution in [0.25, 0.3) is 11.3 Å². The molecule has 3 aromatic rings. The SMILES string of the molecule is Cc1onc(-c2cccc(F)c2)c1COc1ccc(C(=O)NCC(F)(F)F)nn1. The molecule has 0 spiro atoms. The number of carbonyl (C=O) groups excluding carboxylic acids is 1. The summed E-state index contributed by atoms with van der Waals surface area (Å²) in [6.07, 6.45) is -4.53. The van der Waals surface area contributed by atoms with E-state index in [0.29, 0.717) is 22.6 Å². The zero-order valence-electron chi connectivity index (χ0n) is 15.0. The number of aromatic nitrogens is 3. The van der Waals surface area contributed by atoms with Gasteiger partial charge in [-0.1, -0.05) is 17.3 Å². The number of aryl methyl sites for hydroxylation is 1. The molecule has 2 heterocycles. The minimum absolute atomic E-state index is 0.0307. The summed E-state index contributed by atoms with van der Waals surface area (Å²) in [6, 6.07) is 8.27. The van der Waals surface area contributed by atoms with Crippen LogP contribution in [-0.4, -0.2) is 34.0 Å². The topological polar surface area (TPSA) is 90.1 Å². The van der Waals surface area contributed by atoms with E-state index in [-0.39, 0.29) is 18.2 Å². The fraction of sp³-hybridized carbons (Fsp3) is 0.222. The smallest absolute Gasteiger partial charge is 0.405 e. The zero-order chi connectivity index (χ0) is 21.0. The lowest BCUT2D eigenvalue weighted by Gasteiger charge is -2.08. The highest BCUT2D eigenvalue weighted by atomic mass is 19.4. The Morgan fingerprint density at radius 2 is 2.00 bits per heavy atom. The number of rotatable bonds is 6. The van der Waals surface area contributed by atoms with Crippen molar-refractivity contribution in [2.75, 3.05) is 6.54 Å². The van der Waals surface area contributed by atoms with Gasteiger partial charge in [-0.3, -0.25) is 4.79 Å². The average Bonchev–Trinajstić information content (AvgIpc) is 3.05. The van der Waals surface area contributed by atoms with Gasteiger partial charge >= 0.3 is 6.18 Å². The first kappa shape index (κ1) is 20.2. The maximum Gasteiger partial charge on any atom is 0.405 e. The van der Waals surface area contributed by atoms with Crippen LogP contribution < -0.4 is 10.1 Å². The van der Waals surface area contributed by atoms with Crippen LogP contribution in [0.15, 0.2) is 40.9 Å². The van der Waals surface area contributed by atoms with E-state index < -0.39 is 24.4 Å². The van der Waals surface area contributed by atoms with Crippen LogP contribution in [-0.2, 0) is 6.61 Å². The molecule has 0 aliphatic heterocycles. The van der Waals surface area contributed by atoms with Gasteiger partial charge in [-0.25, -0.2) is 4.39 Å². The van der Waals surface area contributed by atoms with Crippen molar-refractivity contribution in [3.05, 3.63) is 59.2 Å². The molecule has 11 heteroatoms. The van der Waals surface area contributed by atoms with Crippen molar-refractivity contribution in [1.82, 2.24) is 20.7 Å². The first-order chi connectivity index (χ1) is 13.7. The van der Waals surface area contributed by atoms with Gasteiger partial charge in [0, 0.05) is 11.6 Å². The quantitative estimate of drug-likeness (QED) is 0.626. The molecule has 0 fully saturated rings. The number of hydrogen-bond donors (Lipinski definition) is 1. The van der Waals surface area contributed by atoms with Crippen LogP contribution in [0.4, 0.5) is 17.6 Å². The molecule has 2 aromatic heterocycles. The monoisotopic (exact) mass is 410 g/mol. The minimum atomic E-state index is -4.53. The molecule has 0 atom stereocenters. The van der Waals surface area contributed by atoms with Gasteiger partial charge in [-0.15, -0.1) is 10.2 Å². The normalized spacial score (nSPS) is 11.3. The second-order valence-corrected chi connectivity index (χ2v) is 5.92. The van der Waals surface area contributed by atoms with Crippen molar-refractivity contribution >= 4 is 5.91 Å². The maximum absolute atomic E-state index is 13.5. The summed E-state index contributed by atoms with van der Waals surface area (Å²) >= 11 is 0. The third-order valence-electron chi connectivity index (χ3n) is 3.77. The van der Waals surface area contributed by atoms with E-state index in [0.717, 1.165) is 0 Å². The zero-order valence-corrected chi connectivity index (χ0v) is 15.0. The highest BCUT2D eigenvalue weighted by Gasteiger charge is 2.28. The number of hydrogen-bond acceptors (Lipinski definition) is 6. The van der Waals surface area contributed by atoms with Crippen molar-refractivity contribution in [2.45, 2.75) is 19.7 Å². The molecule has 1 N–H and O–H groups in total. The Bertz CT molecular complexity index is 1000. The van der Waals surface area contributed by atoms with Crippen LogP contribution in [0, 0.1) is 12.7 Å². The molecule has 0 aliphatic rings. The van der Waals surface area contributed by atoms with Gasteiger partial charge < -0.3 is 14.6 Å². The highest BCUT2D eigenvalue weighted by Crippen LogP contribution is 2.26. The van der Waals surface area contributed by atoms with E-state index in [1.807, 2.05) is 0 Å². The Hall–Kier alpha value is -3.50. The van der Waals surface area contributed by atoms with Gasteiger partial charge in [0.25, 0.3) is 5.91 Å². The maximum atomic E-state index is 13.5. The van der Waals surface area contributed by atoms with Crippen LogP contribution in [0.2, 0.25) is 0 Å². The molecule has 0 aliphatic carbocycles. The number of halogens is 4. The predicted octanol–water partition coefficient (Wildman–Crippen LogP) is 3.45. The van der Waals surface area contributed by atoms with Crippen molar-refractivity contribution in [3.63, 3.8) is 0 Å². The van der Waals surface area contributed by atoms with Crippen LogP contribution in [0.3, 0.4) is 0 Å². The number of amides is 1. The standard InChI is InChI=1S/C18H14F4N4O3/c1-10-13(16(26-29-10)11-3-2-4-12(19)7-11)8-28-15-6-5-14(24-25-15)17(27)23-9-18(20,21)22/h2-7H,8-9H2,1H3,(H,23,27). The molecule has 29 heavy (non-hydrogen) atoms. The van der Waals surface area contributed by atoms with E-state index in [4.69, 9.17) is 9.26 Å². The number of ether oxygens (including phenoxy) is 1. The van der Waals surface area contributed by atoms with Crippen molar-refractivity contribution in [2.24, 2.45) is 0 Å². The number of alkyl halides is 3. The molecule has 0 saturated heterocycles. The fourth-order valence-corrected chi connectivity index (χ4v) is 2.36. The number of benzene rings is 1. The first-order valence-electron chi connectivity index (χ1n) is 8.25. The van der Waals surface area contributed by atoms with Crippen LogP contribution in [0.5, 0.6) is 5.88 Å². The Kier molecular flexibility index (Phi) is 5.76. The van der Waals surface area contributed by atoms with E-state index >= 15 is 0 Å². The minimum Gasteiger partial charge on any atom is -0.472 e. The molecule has 0 unspecified atom stereocenters. The number of nitrogens with one attached hydrogen (secondary N) is 1. The molecule has 7 nitrogen and oxygen atoms in total. The molecular formula is C18H14F4N4O3. The fourth-order valence-electron chi connectivity index (χ4n) is 2.36. The summed E-state index contributed by atoms with van der Waals surface area (Å²) in [5, 5.41) is 12.8. The molecule has 1 aromatic carbocycles. The molecule has 0 saturated carbocycles. The average molecular weight is 410 g/mol. The third-order valence-corrected chi connectivity index (χ3v) is 3.77. The first-order valence-corrected chi connectivity index (χ1v) is 8.25. The molecule has 3 rings (SSSR count). The van der Waals surface area contributed by atoms with Gasteiger partial charge in [0.05, 0.1) is 5.56 Å². The van der Waals surface area contributed by atoms with Crippen molar-refractivity contribution in [3.8, 4) is 17.1 Å². The Labute approximate surface area is 161 Å². The lowest BCUT2D eigenvalue weighted by atomic mass is 10.1. The van der Waals surface area contributed by atoms with Crippen LogP contribution >= 0.6 is 0 Å². The largest absolute Gasteiger partial charge is 0.472 e.